The van der Waals surface area contributed by atoms with Crippen molar-refractivity contribution in [2.45, 2.75) is 32.2 Å². The molecule has 0 aliphatic carbocycles. The molecule has 0 aliphatic heterocycles. The van der Waals surface area contributed by atoms with Crippen molar-refractivity contribution in [1.82, 2.24) is 10.6 Å². The Morgan fingerprint density at radius 3 is 2.67 bits per heavy atom. The van der Waals surface area contributed by atoms with Gasteiger partial charge in [0.25, 0.3) is 0 Å². The van der Waals surface area contributed by atoms with E-state index in [0.29, 0.717) is 18.6 Å². The summed E-state index contributed by atoms with van der Waals surface area (Å²) in [5.74, 6) is 2.49. The van der Waals surface area contributed by atoms with Gasteiger partial charge in [-0.2, -0.15) is 0 Å². The lowest BCUT2D eigenvalue weighted by Crippen LogP contribution is -2.49. The molecule has 0 bridgehead atoms. The van der Waals surface area contributed by atoms with Gasteiger partial charge in [-0.25, -0.2) is 0 Å². The summed E-state index contributed by atoms with van der Waals surface area (Å²) < 4.78 is 5.05. The normalized spacial score (nSPS) is 11.1. The fourth-order valence-electron chi connectivity index (χ4n) is 1.75. The average molecular weight is 288 g/mol. The summed E-state index contributed by atoms with van der Waals surface area (Å²) in [6.07, 6.45) is 11.1. The van der Waals surface area contributed by atoms with Gasteiger partial charge < -0.3 is 15.1 Å². The molecule has 1 heterocycles. The highest BCUT2D eigenvalue weighted by atomic mass is 16.3. The molecule has 5 nitrogen and oxygen atoms in total. The molecule has 0 aromatic carbocycles. The Kier molecular flexibility index (Phi) is 6.28. The van der Waals surface area contributed by atoms with E-state index in [2.05, 4.69) is 16.6 Å². The third-order valence-corrected chi connectivity index (χ3v) is 3.23. The third kappa shape index (κ3) is 5.19. The van der Waals surface area contributed by atoms with Gasteiger partial charge in [-0.15, -0.1) is 6.42 Å². The van der Waals surface area contributed by atoms with Crippen LogP contribution in [0.3, 0.4) is 0 Å². The molecule has 0 saturated heterocycles. The summed E-state index contributed by atoms with van der Waals surface area (Å²) in [5.41, 5.74) is -0.647. The second-order valence-corrected chi connectivity index (χ2v) is 4.55. The minimum Gasteiger partial charge on any atom is -0.465 e. The predicted octanol–water partition coefficient (Wildman–Crippen LogP) is 1.72. The Morgan fingerprint density at radius 1 is 1.43 bits per heavy atom. The van der Waals surface area contributed by atoms with Crippen LogP contribution in [-0.2, 0) is 9.59 Å². The quantitative estimate of drug-likeness (QED) is 0.593. The van der Waals surface area contributed by atoms with E-state index in [4.69, 9.17) is 10.8 Å². The molecule has 1 aromatic rings. The van der Waals surface area contributed by atoms with E-state index < -0.39 is 5.54 Å². The standard InChI is InChI=1S/C16H20N2O3/c1-4-16(5-2,6-3)18-15(20)12-17-14(19)10-9-13-8-7-11-21-13/h1,7-11H,5-6,12H2,2-3H3,(H,17,19)(H,18,20). The maximum absolute atomic E-state index is 11.8. The van der Waals surface area contributed by atoms with Crippen LogP contribution in [0.4, 0.5) is 0 Å². The van der Waals surface area contributed by atoms with Gasteiger partial charge in [-0.1, -0.05) is 19.8 Å². The zero-order valence-corrected chi connectivity index (χ0v) is 12.3. The Labute approximate surface area is 124 Å². The molecule has 0 unspecified atom stereocenters. The van der Waals surface area contributed by atoms with Crippen molar-refractivity contribution in [3.63, 3.8) is 0 Å². The fraction of sp³-hybridized carbons (Fsp3) is 0.375. The van der Waals surface area contributed by atoms with Crippen LogP contribution in [0.25, 0.3) is 6.08 Å². The summed E-state index contributed by atoms with van der Waals surface area (Å²) in [4.78, 5) is 23.4. The van der Waals surface area contributed by atoms with Crippen molar-refractivity contribution in [3.8, 4) is 12.3 Å². The molecule has 0 saturated carbocycles. The molecule has 0 fully saturated rings. The first-order valence-corrected chi connectivity index (χ1v) is 6.83. The zero-order valence-electron chi connectivity index (χ0n) is 12.3. The molecule has 112 valence electrons. The highest BCUT2D eigenvalue weighted by molar-refractivity contribution is 5.94. The number of rotatable bonds is 7. The lowest BCUT2D eigenvalue weighted by molar-refractivity contribution is -0.124. The van der Waals surface area contributed by atoms with Crippen molar-refractivity contribution in [3.05, 3.63) is 30.2 Å². The number of amides is 2. The number of carbonyl (C=O) groups excluding carboxylic acids is 2. The highest BCUT2D eigenvalue weighted by Crippen LogP contribution is 2.12. The summed E-state index contributed by atoms with van der Waals surface area (Å²) >= 11 is 0. The molecular weight excluding hydrogens is 268 g/mol. The minimum absolute atomic E-state index is 0.120. The number of carbonyl (C=O) groups is 2. The molecule has 2 amide bonds. The largest absolute Gasteiger partial charge is 0.465 e. The Hall–Kier alpha value is -2.48. The molecule has 2 N–H and O–H groups in total. The minimum atomic E-state index is -0.647. The maximum atomic E-state index is 11.8. The monoisotopic (exact) mass is 288 g/mol. The van der Waals surface area contributed by atoms with Crippen molar-refractivity contribution in [2.75, 3.05) is 6.54 Å². The van der Waals surface area contributed by atoms with E-state index in [1.54, 1.807) is 12.1 Å². The Balaban J connectivity index is 2.42. The van der Waals surface area contributed by atoms with Gasteiger partial charge in [0.2, 0.25) is 11.8 Å². The second-order valence-electron chi connectivity index (χ2n) is 4.55. The zero-order chi connectivity index (χ0) is 15.7. The molecule has 0 atom stereocenters. The van der Waals surface area contributed by atoms with Crippen LogP contribution in [-0.4, -0.2) is 23.9 Å². The van der Waals surface area contributed by atoms with Crippen LogP contribution in [0.2, 0.25) is 0 Å². The van der Waals surface area contributed by atoms with Crippen LogP contribution < -0.4 is 10.6 Å². The van der Waals surface area contributed by atoms with Gasteiger partial charge in [-0.05, 0) is 31.1 Å². The van der Waals surface area contributed by atoms with E-state index in [0.717, 1.165) is 0 Å². The van der Waals surface area contributed by atoms with E-state index in [1.807, 2.05) is 13.8 Å². The van der Waals surface area contributed by atoms with Crippen LogP contribution in [0.1, 0.15) is 32.4 Å². The summed E-state index contributed by atoms with van der Waals surface area (Å²) in [5, 5.41) is 5.26. The second kappa shape index (κ2) is 7.95. The van der Waals surface area contributed by atoms with E-state index in [-0.39, 0.29) is 18.4 Å². The number of furan rings is 1. The van der Waals surface area contributed by atoms with Crippen LogP contribution in [0, 0.1) is 12.3 Å². The number of hydrogen-bond acceptors (Lipinski definition) is 3. The topological polar surface area (TPSA) is 71.3 Å². The Bertz CT molecular complexity index is 534. The number of terminal acetylenes is 1. The van der Waals surface area contributed by atoms with Crippen LogP contribution in [0.15, 0.2) is 28.9 Å². The highest BCUT2D eigenvalue weighted by Gasteiger charge is 2.24. The van der Waals surface area contributed by atoms with Gasteiger partial charge in [0, 0.05) is 6.08 Å². The van der Waals surface area contributed by atoms with E-state index in [1.165, 1.54) is 18.4 Å². The lowest BCUT2D eigenvalue weighted by Gasteiger charge is -2.27. The fourth-order valence-corrected chi connectivity index (χ4v) is 1.75. The predicted molar refractivity (Wildman–Crippen MR) is 81.0 cm³/mol. The molecule has 21 heavy (non-hydrogen) atoms. The van der Waals surface area contributed by atoms with E-state index in [9.17, 15) is 9.59 Å². The summed E-state index contributed by atoms with van der Waals surface area (Å²) in [6, 6.07) is 3.44. The summed E-state index contributed by atoms with van der Waals surface area (Å²) in [6.45, 7) is 3.70. The first kappa shape index (κ1) is 16.6. The van der Waals surface area contributed by atoms with Gasteiger partial charge in [-0.3, -0.25) is 9.59 Å². The molecule has 0 aliphatic rings. The van der Waals surface area contributed by atoms with E-state index >= 15 is 0 Å². The van der Waals surface area contributed by atoms with Gasteiger partial charge in [0.05, 0.1) is 12.8 Å². The van der Waals surface area contributed by atoms with Gasteiger partial charge in [0.15, 0.2) is 0 Å². The van der Waals surface area contributed by atoms with Crippen molar-refractivity contribution in [1.29, 1.82) is 0 Å². The molecule has 1 rings (SSSR count). The molecular formula is C16H20N2O3. The molecule has 5 heteroatoms. The van der Waals surface area contributed by atoms with Crippen LogP contribution >= 0.6 is 0 Å². The number of nitrogens with one attached hydrogen (secondary N) is 2. The Morgan fingerprint density at radius 2 is 2.14 bits per heavy atom. The van der Waals surface area contributed by atoms with Crippen LogP contribution in [0.5, 0.6) is 0 Å². The molecule has 1 aromatic heterocycles. The average Bonchev–Trinajstić information content (AvgIpc) is 3.02. The first-order chi connectivity index (χ1) is 10.0. The van der Waals surface area contributed by atoms with Gasteiger partial charge >= 0.3 is 0 Å². The van der Waals surface area contributed by atoms with Crippen molar-refractivity contribution in [2.24, 2.45) is 0 Å². The number of hydrogen-bond donors (Lipinski definition) is 2. The lowest BCUT2D eigenvalue weighted by atomic mass is 9.94. The molecule has 0 radical (unpaired) electrons. The third-order valence-electron chi connectivity index (χ3n) is 3.23. The molecule has 0 spiro atoms. The van der Waals surface area contributed by atoms with Crippen molar-refractivity contribution >= 4 is 17.9 Å². The van der Waals surface area contributed by atoms with Crippen molar-refractivity contribution < 1.29 is 14.0 Å². The smallest absolute Gasteiger partial charge is 0.244 e. The maximum Gasteiger partial charge on any atom is 0.244 e. The SMILES string of the molecule is C#CC(CC)(CC)NC(=O)CNC(=O)C=Cc1ccco1. The first-order valence-electron chi connectivity index (χ1n) is 6.83. The summed E-state index contributed by atoms with van der Waals surface area (Å²) in [7, 11) is 0. The van der Waals surface area contributed by atoms with Gasteiger partial charge in [0.1, 0.15) is 11.3 Å².